The van der Waals surface area contributed by atoms with Crippen LogP contribution in [0.5, 0.6) is 0 Å². The van der Waals surface area contributed by atoms with Gasteiger partial charge in [0.2, 0.25) is 10.0 Å². The number of hydrogen-bond donors (Lipinski definition) is 1. The molecule has 0 radical (unpaired) electrons. The first kappa shape index (κ1) is 16.5. The highest BCUT2D eigenvalue weighted by Crippen LogP contribution is 2.29. The molecule has 124 valence electrons. The van der Waals surface area contributed by atoms with Crippen LogP contribution < -0.4 is 5.32 Å². The van der Waals surface area contributed by atoms with E-state index in [1.165, 1.54) is 43.7 Å². The maximum atomic E-state index is 12.6. The molecule has 2 heterocycles. The van der Waals surface area contributed by atoms with E-state index in [4.69, 9.17) is 11.6 Å². The van der Waals surface area contributed by atoms with Crippen molar-refractivity contribution in [2.24, 2.45) is 0 Å². The van der Waals surface area contributed by atoms with E-state index in [0.717, 1.165) is 4.31 Å². The normalized spacial score (nSPS) is 19.6. The standard InChI is InChI=1S/C14H11ClN4O4S/c1-19-12(14(21)18-11-7-16-6-10(15)17-11)13(20)8-4-2-3-5-9(8)24(19,22)23/h2-7,12H,1H3,(H,17,18,21). The number of hydrogen-bond acceptors (Lipinski definition) is 6. The molecule has 24 heavy (non-hydrogen) atoms. The van der Waals surface area contributed by atoms with Crippen LogP contribution in [0.2, 0.25) is 5.15 Å². The predicted octanol–water partition coefficient (Wildman–Crippen LogP) is 0.954. The van der Waals surface area contributed by atoms with Gasteiger partial charge in [-0.05, 0) is 12.1 Å². The molecule has 1 aliphatic rings. The molecule has 1 atom stereocenters. The van der Waals surface area contributed by atoms with E-state index < -0.39 is 27.8 Å². The first-order valence-corrected chi connectivity index (χ1v) is 8.54. The van der Waals surface area contributed by atoms with Crippen molar-refractivity contribution >= 4 is 39.1 Å². The third-order valence-corrected chi connectivity index (χ3v) is 5.59. The summed E-state index contributed by atoms with van der Waals surface area (Å²) >= 11 is 5.69. The molecular formula is C14H11ClN4O4S. The van der Waals surface area contributed by atoms with Gasteiger partial charge in [0.25, 0.3) is 5.91 Å². The molecule has 0 bridgehead atoms. The topological polar surface area (TPSA) is 109 Å². The van der Waals surface area contributed by atoms with Crippen LogP contribution in [0, 0.1) is 0 Å². The Labute approximate surface area is 142 Å². The van der Waals surface area contributed by atoms with Crippen molar-refractivity contribution in [2.45, 2.75) is 10.9 Å². The summed E-state index contributed by atoms with van der Waals surface area (Å²) in [7, 11) is -2.78. The van der Waals surface area contributed by atoms with Crippen molar-refractivity contribution in [1.29, 1.82) is 0 Å². The van der Waals surface area contributed by atoms with Crippen LogP contribution >= 0.6 is 11.6 Å². The average Bonchev–Trinajstić information content (AvgIpc) is 2.53. The summed E-state index contributed by atoms with van der Waals surface area (Å²) in [6.45, 7) is 0. The molecule has 8 nitrogen and oxygen atoms in total. The predicted molar refractivity (Wildman–Crippen MR) is 85.2 cm³/mol. The Kier molecular flexibility index (Phi) is 4.08. The lowest BCUT2D eigenvalue weighted by molar-refractivity contribution is -0.118. The number of carbonyl (C=O) groups is 2. The van der Waals surface area contributed by atoms with Gasteiger partial charge >= 0.3 is 0 Å². The fraction of sp³-hybridized carbons (Fsp3) is 0.143. The summed E-state index contributed by atoms with van der Waals surface area (Å²) < 4.78 is 25.8. The summed E-state index contributed by atoms with van der Waals surface area (Å²) in [5, 5.41) is 2.41. The monoisotopic (exact) mass is 366 g/mol. The maximum absolute atomic E-state index is 12.6. The Balaban J connectivity index is 1.99. The third kappa shape index (κ3) is 2.66. The maximum Gasteiger partial charge on any atom is 0.252 e. The first-order chi connectivity index (χ1) is 11.3. The zero-order valence-corrected chi connectivity index (χ0v) is 13.9. The number of fused-ring (bicyclic) bond motifs is 1. The number of nitrogens with one attached hydrogen (secondary N) is 1. The van der Waals surface area contributed by atoms with Crippen molar-refractivity contribution in [2.75, 3.05) is 12.4 Å². The second-order valence-electron chi connectivity index (χ2n) is 5.00. The zero-order valence-electron chi connectivity index (χ0n) is 12.3. The fourth-order valence-electron chi connectivity index (χ4n) is 2.38. The number of likely N-dealkylation sites (N-methyl/N-ethyl adjacent to an activating group) is 1. The molecule has 1 unspecified atom stereocenters. The number of sulfonamides is 1. The average molecular weight is 367 g/mol. The molecule has 1 aromatic heterocycles. The third-order valence-electron chi connectivity index (χ3n) is 3.53. The van der Waals surface area contributed by atoms with Crippen LogP contribution in [0.1, 0.15) is 10.4 Å². The number of ketones is 1. The molecule has 0 aliphatic carbocycles. The molecule has 0 fully saturated rings. The molecule has 1 amide bonds. The summed E-state index contributed by atoms with van der Waals surface area (Å²) in [4.78, 5) is 32.5. The Hall–Kier alpha value is -2.36. The molecule has 0 saturated heterocycles. The molecule has 1 aromatic carbocycles. The van der Waals surface area contributed by atoms with E-state index in [2.05, 4.69) is 15.3 Å². The SMILES string of the molecule is CN1C(C(=O)Nc2cncc(Cl)n2)C(=O)c2ccccc2S1(=O)=O. The van der Waals surface area contributed by atoms with Crippen LogP contribution in [0.3, 0.4) is 0 Å². The first-order valence-electron chi connectivity index (χ1n) is 6.72. The number of halogens is 1. The van der Waals surface area contributed by atoms with Crippen molar-refractivity contribution in [1.82, 2.24) is 14.3 Å². The van der Waals surface area contributed by atoms with Gasteiger partial charge in [0, 0.05) is 12.6 Å². The van der Waals surface area contributed by atoms with Gasteiger partial charge in [-0.25, -0.2) is 13.4 Å². The van der Waals surface area contributed by atoms with Crippen molar-refractivity contribution in [3.8, 4) is 0 Å². The van der Waals surface area contributed by atoms with Gasteiger partial charge in [0.05, 0.1) is 17.3 Å². The Morgan fingerprint density at radius 2 is 2.00 bits per heavy atom. The molecule has 2 aromatic rings. The van der Waals surface area contributed by atoms with E-state index in [-0.39, 0.29) is 21.4 Å². The van der Waals surface area contributed by atoms with Gasteiger partial charge in [-0.2, -0.15) is 4.31 Å². The Morgan fingerprint density at radius 3 is 2.71 bits per heavy atom. The number of amides is 1. The lowest BCUT2D eigenvalue weighted by Gasteiger charge is -2.30. The van der Waals surface area contributed by atoms with E-state index in [1.807, 2.05) is 0 Å². The van der Waals surface area contributed by atoms with Crippen molar-refractivity contribution in [3.63, 3.8) is 0 Å². The summed E-state index contributed by atoms with van der Waals surface area (Å²) in [5.74, 6) is -1.43. The van der Waals surface area contributed by atoms with Crippen LogP contribution in [0.4, 0.5) is 5.82 Å². The van der Waals surface area contributed by atoms with Gasteiger partial charge in [-0.15, -0.1) is 0 Å². The summed E-state index contributed by atoms with van der Waals surface area (Å²) in [6.07, 6.45) is 2.51. The second-order valence-corrected chi connectivity index (χ2v) is 7.35. The highest BCUT2D eigenvalue weighted by molar-refractivity contribution is 7.89. The van der Waals surface area contributed by atoms with Gasteiger partial charge in [-0.3, -0.25) is 14.6 Å². The Bertz CT molecular complexity index is 947. The lowest BCUT2D eigenvalue weighted by atomic mass is 10.0. The van der Waals surface area contributed by atoms with Gasteiger partial charge in [0.1, 0.15) is 5.15 Å². The lowest BCUT2D eigenvalue weighted by Crippen LogP contribution is -2.53. The smallest absolute Gasteiger partial charge is 0.252 e. The van der Waals surface area contributed by atoms with Crippen LogP contribution in [0.25, 0.3) is 0 Å². The largest absolute Gasteiger partial charge is 0.308 e. The van der Waals surface area contributed by atoms with Crippen LogP contribution in [-0.4, -0.2) is 47.5 Å². The van der Waals surface area contributed by atoms with Gasteiger partial charge in [-0.1, -0.05) is 23.7 Å². The number of rotatable bonds is 2. The second kappa shape index (κ2) is 5.93. The Morgan fingerprint density at radius 1 is 1.29 bits per heavy atom. The number of aromatic nitrogens is 2. The van der Waals surface area contributed by atoms with Crippen LogP contribution in [0.15, 0.2) is 41.6 Å². The van der Waals surface area contributed by atoms with E-state index in [9.17, 15) is 18.0 Å². The van der Waals surface area contributed by atoms with E-state index in [0.29, 0.717) is 0 Å². The number of anilines is 1. The minimum atomic E-state index is -3.96. The molecular weight excluding hydrogens is 356 g/mol. The number of benzene rings is 1. The van der Waals surface area contributed by atoms with Gasteiger partial charge < -0.3 is 5.32 Å². The zero-order chi connectivity index (χ0) is 17.5. The number of carbonyl (C=O) groups excluding carboxylic acids is 2. The van der Waals surface area contributed by atoms with Crippen LogP contribution in [-0.2, 0) is 14.8 Å². The van der Waals surface area contributed by atoms with Crippen molar-refractivity contribution < 1.29 is 18.0 Å². The molecule has 1 N–H and O–H groups in total. The highest BCUT2D eigenvalue weighted by Gasteiger charge is 2.45. The summed E-state index contributed by atoms with van der Waals surface area (Å²) in [6, 6.07) is 4.22. The van der Waals surface area contributed by atoms with E-state index in [1.54, 1.807) is 0 Å². The number of nitrogens with zero attached hydrogens (tertiary/aromatic N) is 3. The highest BCUT2D eigenvalue weighted by atomic mass is 35.5. The quantitative estimate of drug-likeness (QED) is 0.792. The van der Waals surface area contributed by atoms with Crippen molar-refractivity contribution in [3.05, 3.63) is 47.4 Å². The van der Waals surface area contributed by atoms with Gasteiger partial charge in [0.15, 0.2) is 17.6 Å². The molecule has 0 spiro atoms. The summed E-state index contributed by atoms with van der Waals surface area (Å²) in [5.41, 5.74) is -0.0204. The molecule has 1 aliphatic heterocycles. The molecule has 10 heteroatoms. The van der Waals surface area contributed by atoms with E-state index >= 15 is 0 Å². The molecule has 0 saturated carbocycles. The minimum absolute atomic E-state index is 0.0185. The molecule has 3 rings (SSSR count). The minimum Gasteiger partial charge on any atom is -0.308 e. The fourth-order valence-corrected chi connectivity index (χ4v) is 4.01. The number of Topliss-reactive ketones (excluding diaryl/α,β-unsaturated/α-hetero) is 1.